The molecule has 0 bridgehead atoms. The Hall–Kier alpha value is -1.87. The lowest BCUT2D eigenvalue weighted by atomic mass is 9.78. The molecule has 1 N–H and O–H groups in total. The van der Waals surface area contributed by atoms with Crippen molar-refractivity contribution >= 4 is 29.0 Å². The van der Waals surface area contributed by atoms with E-state index in [-0.39, 0.29) is 5.41 Å². The van der Waals surface area contributed by atoms with Crippen LogP contribution in [-0.4, -0.2) is 11.1 Å². The highest BCUT2D eigenvalue weighted by Crippen LogP contribution is 2.44. The summed E-state index contributed by atoms with van der Waals surface area (Å²) in [4.78, 5) is 14.5. The maximum atomic E-state index is 12.2. The van der Waals surface area contributed by atoms with E-state index in [0.29, 0.717) is 6.42 Å². The van der Waals surface area contributed by atoms with Gasteiger partial charge in [-0.25, -0.2) is 0 Å². The number of hydrogen-bond donors (Lipinski definition) is 1. The number of benzene rings is 1. The van der Waals surface area contributed by atoms with Gasteiger partial charge in [-0.05, 0) is 66.4 Å². The molecule has 1 aromatic heterocycles. The summed E-state index contributed by atoms with van der Waals surface area (Å²) in [7, 11) is 0. The van der Waals surface area contributed by atoms with Crippen molar-refractivity contribution < 1.29 is 9.90 Å². The molecule has 2 nitrogen and oxygen atoms in total. The fraction of sp³-hybridized carbons (Fsp3) is 0.435. The van der Waals surface area contributed by atoms with Gasteiger partial charge >= 0.3 is 5.97 Å². The maximum absolute atomic E-state index is 12.2. The van der Waals surface area contributed by atoms with Gasteiger partial charge in [-0.15, -0.1) is 11.3 Å². The first-order chi connectivity index (χ1) is 12.2. The molecule has 0 aliphatic heterocycles. The van der Waals surface area contributed by atoms with Crippen molar-refractivity contribution in [1.82, 2.24) is 0 Å². The van der Waals surface area contributed by atoms with Crippen molar-refractivity contribution in [3.63, 3.8) is 0 Å². The number of carboxylic acid groups (broad SMARTS) is 1. The highest BCUT2D eigenvalue weighted by Gasteiger charge is 2.32. The van der Waals surface area contributed by atoms with Gasteiger partial charge in [-0.1, -0.05) is 51.1 Å². The Balaban J connectivity index is 2.12. The van der Waals surface area contributed by atoms with E-state index in [4.69, 9.17) is 0 Å². The van der Waals surface area contributed by atoms with Gasteiger partial charge in [0, 0.05) is 9.75 Å². The minimum Gasteiger partial charge on any atom is -0.481 e. The number of allylic oxidation sites excluding steroid dienone is 1. The van der Waals surface area contributed by atoms with Gasteiger partial charge in [0.05, 0.1) is 5.92 Å². The van der Waals surface area contributed by atoms with Crippen molar-refractivity contribution in [1.29, 1.82) is 0 Å². The standard InChI is InChI=1S/C23H28O2S/c1-14-20(18-11-10-16-8-6-7-9-17(16)12-18)21(15(2)26-14)19(22(24)25)13-23(3,4)5/h6-9,12,19H,10-11,13H2,1-5H3,(H,24,25). The normalized spacial score (nSPS) is 15.3. The Labute approximate surface area is 160 Å². The number of thiophene rings is 1. The number of aliphatic carboxylic acids is 1. The summed E-state index contributed by atoms with van der Waals surface area (Å²) in [6.07, 6.45) is 4.92. The number of carboxylic acids is 1. The molecule has 1 aliphatic carbocycles. The summed E-state index contributed by atoms with van der Waals surface area (Å²) in [5.41, 5.74) is 6.15. The Kier molecular flexibility index (Phi) is 5.12. The molecule has 1 aromatic carbocycles. The van der Waals surface area contributed by atoms with Gasteiger partial charge in [0.25, 0.3) is 0 Å². The quantitative estimate of drug-likeness (QED) is 0.673. The molecule has 1 aliphatic rings. The maximum Gasteiger partial charge on any atom is 0.311 e. The van der Waals surface area contributed by atoms with E-state index < -0.39 is 11.9 Å². The van der Waals surface area contributed by atoms with Crippen LogP contribution in [0.25, 0.3) is 11.6 Å². The predicted octanol–water partition coefficient (Wildman–Crippen LogP) is 6.46. The molecule has 0 radical (unpaired) electrons. The lowest BCUT2D eigenvalue weighted by Gasteiger charge is -2.26. The fourth-order valence-corrected chi connectivity index (χ4v) is 5.23. The third kappa shape index (κ3) is 3.78. The molecule has 3 rings (SSSR count). The SMILES string of the molecule is Cc1sc(C)c(C(CC(C)(C)C)C(=O)O)c1C1=Cc2ccccc2CC1. The third-order valence-corrected chi connectivity index (χ3v) is 6.18. The Morgan fingerprint density at radius 3 is 2.50 bits per heavy atom. The molecule has 1 unspecified atom stereocenters. The molecule has 0 amide bonds. The number of fused-ring (bicyclic) bond motifs is 1. The van der Waals surface area contributed by atoms with Crippen LogP contribution in [0.5, 0.6) is 0 Å². The second-order valence-corrected chi connectivity index (χ2v) is 9.96. The number of hydrogen-bond acceptors (Lipinski definition) is 2. The van der Waals surface area contributed by atoms with E-state index in [1.165, 1.54) is 27.1 Å². The molecule has 1 heterocycles. The van der Waals surface area contributed by atoms with E-state index in [1.807, 2.05) is 0 Å². The van der Waals surface area contributed by atoms with Gasteiger partial charge in [-0.2, -0.15) is 0 Å². The van der Waals surface area contributed by atoms with E-state index in [9.17, 15) is 9.90 Å². The van der Waals surface area contributed by atoms with Crippen molar-refractivity contribution in [3.05, 3.63) is 56.3 Å². The van der Waals surface area contributed by atoms with Crippen LogP contribution in [0.3, 0.4) is 0 Å². The topological polar surface area (TPSA) is 37.3 Å². The monoisotopic (exact) mass is 368 g/mol. The highest BCUT2D eigenvalue weighted by atomic mass is 32.1. The average molecular weight is 369 g/mol. The summed E-state index contributed by atoms with van der Waals surface area (Å²) in [5.74, 6) is -1.16. The molecule has 1 atom stereocenters. The van der Waals surface area contributed by atoms with E-state index in [0.717, 1.165) is 23.3 Å². The minimum atomic E-state index is -0.709. The molecule has 0 fully saturated rings. The smallest absolute Gasteiger partial charge is 0.311 e. The van der Waals surface area contributed by atoms with Crippen LogP contribution in [-0.2, 0) is 11.2 Å². The van der Waals surface area contributed by atoms with Gasteiger partial charge < -0.3 is 5.11 Å². The van der Waals surface area contributed by atoms with Crippen LogP contribution in [0.15, 0.2) is 24.3 Å². The summed E-state index contributed by atoms with van der Waals surface area (Å²) in [6, 6.07) is 8.51. The largest absolute Gasteiger partial charge is 0.481 e. The number of aryl methyl sites for hydroxylation is 3. The van der Waals surface area contributed by atoms with Gasteiger partial charge in [0.2, 0.25) is 0 Å². The predicted molar refractivity (Wildman–Crippen MR) is 111 cm³/mol. The van der Waals surface area contributed by atoms with E-state index in [2.05, 4.69) is 65.0 Å². The highest BCUT2D eigenvalue weighted by molar-refractivity contribution is 7.12. The first-order valence-corrected chi connectivity index (χ1v) is 10.1. The van der Waals surface area contributed by atoms with Crippen molar-refractivity contribution in [2.24, 2.45) is 5.41 Å². The Morgan fingerprint density at radius 2 is 1.85 bits per heavy atom. The van der Waals surface area contributed by atoms with Gasteiger partial charge in [0.15, 0.2) is 0 Å². The Bertz CT molecular complexity index is 865. The van der Waals surface area contributed by atoms with Crippen LogP contribution in [0.4, 0.5) is 0 Å². The van der Waals surface area contributed by atoms with Crippen LogP contribution in [0.1, 0.15) is 71.5 Å². The molecular formula is C23H28O2S. The van der Waals surface area contributed by atoms with Crippen LogP contribution in [0.2, 0.25) is 0 Å². The first kappa shape index (κ1) is 18.9. The summed E-state index contributed by atoms with van der Waals surface area (Å²) < 4.78 is 0. The average Bonchev–Trinajstić information content (AvgIpc) is 2.85. The molecular weight excluding hydrogens is 340 g/mol. The van der Waals surface area contributed by atoms with Crippen LogP contribution < -0.4 is 0 Å². The fourth-order valence-electron chi connectivity index (χ4n) is 4.07. The number of rotatable bonds is 4. The molecule has 0 saturated carbocycles. The van der Waals surface area contributed by atoms with E-state index >= 15 is 0 Å². The van der Waals surface area contributed by atoms with Crippen LogP contribution >= 0.6 is 11.3 Å². The van der Waals surface area contributed by atoms with Crippen LogP contribution in [0, 0.1) is 19.3 Å². The lowest BCUT2D eigenvalue weighted by molar-refractivity contribution is -0.139. The lowest BCUT2D eigenvalue weighted by Crippen LogP contribution is -2.20. The molecule has 3 heteroatoms. The van der Waals surface area contributed by atoms with Gasteiger partial charge in [-0.3, -0.25) is 4.79 Å². The molecule has 0 saturated heterocycles. The molecule has 0 spiro atoms. The zero-order valence-corrected chi connectivity index (χ0v) is 17.2. The third-order valence-electron chi connectivity index (χ3n) is 5.14. The van der Waals surface area contributed by atoms with Crippen molar-refractivity contribution in [2.75, 3.05) is 0 Å². The summed E-state index contributed by atoms with van der Waals surface area (Å²) in [6.45, 7) is 10.6. The molecule has 138 valence electrons. The summed E-state index contributed by atoms with van der Waals surface area (Å²) >= 11 is 1.74. The molecule has 26 heavy (non-hydrogen) atoms. The zero-order chi connectivity index (χ0) is 19.1. The minimum absolute atomic E-state index is 0.0316. The van der Waals surface area contributed by atoms with Crippen molar-refractivity contribution in [3.8, 4) is 0 Å². The molecule has 2 aromatic rings. The number of carbonyl (C=O) groups is 1. The first-order valence-electron chi connectivity index (χ1n) is 9.29. The second kappa shape index (κ2) is 7.03. The summed E-state index contributed by atoms with van der Waals surface area (Å²) in [5, 5.41) is 9.99. The van der Waals surface area contributed by atoms with Crippen molar-refractivity contribution in [2.45, 2.75) is 59.8 Å². The van der Waals surface area contributed by atoms with Gasteiger partial charge in [0.1, 0.15) is 0 Å². The second-order valence-electron chi connectivity index (χ2n) is 8.53. The zero-order valence-electron chi connectivity index (χ0n) is 16.3. The van der Waals surface area contributed by atoms with E-state index in [1.54, 1.807) is 11.3 Å². The Morgan fingerprint density at radius 1 is 1.15 bits per heavy atom.